The van der Waals surface area contributed by atoms with Crippen molar-refractivity contribution in [2.75, 3.05) is 13.6 Å². The molecule has 0 spiro atoms. The molecule has 7 heteroatoms. The van der Waals surface area contributed by atoms with Gasteiger partial charge in [-0.3, -0.25) is 4.99 Å². The second kappa shape index (κ2) is 8.92. The summed E-state index contributed by atoms with van der Waals surface area (Å²) in [4.78, 5) is 8.18. The third kappa shape index (κ3) is 5.60. The van der Waals surface area contributed by atoms with Gasteiger partial charge in [-0.25, -0.2) is 4.98 Å². The lowest BCUT2D eigenvalue weighted by Crippen LogP contribution is -2.38. The molecule has 0 unspecified atom stereocenters. The zero-order valence-corrected chi connectivity index (χ0v) is 13.9. The topological polar surface area (TPSA) is 54.2 Å². The quantitative estimate of drug-likeness (QED) is 0.465. The standard InChI is InChI=1S/C12H17N5S.HI/c1-13-12(16-8-11-2-7-18-9-11)15-4-6-17-5-3-14-10-17;/h2-3,5,7,9-10H,4,6,8H2,1H3,(H2,13,15,16);1H. The molecule has 0 aliphatic heterocycles. The monoisotopic (exact) mass is 391 g/mol. The summed E-state index contributed by atoms with van der Waals surface area (Å²) in [6, 6.07) is 2.11. The molecule has 0 saturated heterocycles. The normalized spacial score (nSPS) is 10.9. The van der Waals surface area contributed by atoms with E-state index in [-0.39, 0.29) is 24.0 Å². The Hall–Kier alpha value is -1.09. The Bertz CT molecular complexity index is 466. The van der Waals surface area contributed by atoms with Crippen molar-refractivity contribution < 1.29 is 0 Å². The lowest BCUT2D eigenvalue weighted by Gasteiger charge is -2.11. The molecule has 2 aromatic rings. The molecule has 0 amide bonds. The molecule has 0 aliphatic carbocycles. The molecule has 0 aliphatic rings. The maximum atomic E-state index is 4.18. The molecule has 104 valence electrons. The minimum Gasteiger partial charge on any atom is -0.355 e. The van der Waals surface area contributed by atoms with Crippen LogP contribution in [0.2, 0.25) is 0 Å². The van der Waals surface area contributed by atoms with Gasteiger partial charge in [0.15, 0.2) is 5.96 Å². The largest absolute Gasteiger partial charge is 0.355 e. The molecule has 5 nitrogen and oxygen atoms in total. The summed E-state index contributed by atoms with van der Waals surface area (Å²) in [6.45, 7) is 2.49. The van der Waals surface area contributed by atoms with Gasteiger partial charge in [0.1, 0.15) is 0 Å². The van der Waals surface area contributed by atoms with Crippen molar-refractivity contribution in [1.29, 1.82) is 0 Å². The Balaban J connectivity index is 0.00000180. The van der Waals surface area contributed by atoms with Gasteiger partial charge in [0.2, 0.25) is 0 Å². The van der Waals surface area contributed by atoms with Crippen LogP contribution >= 0.6 is 35.3 Å². The van der Waals surface area contributed by atoms with Crippen LogP contribution in [-0.4, -0.2) is 29.1 Å². The maximum Gasteiger partial charge on any atom is 0.191 e. The first kappa shape index (κ1) is 16.0. The highest BCUT2D eigenvalue weighted by Gasteiger charge is 1.98. The van der Waals surface area contributed by atoms with Crippen LogP contribution in [0.15, 0.2) is 40.5 Å². The van der Waals surface area contributed by atoms with E-state index in [2.05, 4.69) is 37.4 Å². The highest BCUT2D eigenvalue weighted by molar-refractivity contribution is 14.0. The van der Waals surface area contributed by atoms with Crippen molar-refractivity contribution in [3.05, 3.63) is 41.1 Å². The summed E-state index contributed by atoms with van der Waals surface area (Å²) < 4.78 is 2.03. The van der Waals surface area contributed by atoms with E-state index < -0.39 is 0 Å². The van der Waals surface area contributed by atoms with Gasteiger partial charge in [-0.1, -0.05) is 0 Å². The van der Waals surface area contributed by atoms with Gasteiger partial charge >= 0.3 is 0 Å². The average Bonchev–Trinajstić information content (AvgIpc) is 3.06. The van der Waals surface area contributed by atoms with Crippen LogP contribution < -0.4 is 10.6 Å². The van der Waals surface area contributed by atoms with Crippen LogP contribution in [0.25, 0.3) is 0 Å². The van der Waals surface area contributed by atoms with Gasteiger partial charge in [0.05, 0.1) is 6.33 Å². The van der Waals surface area contributed by atoms with E-state index in [9.17, 15) is 0 Å². The molecule has 2 N–H and O–H groups in total. The highest BCUT2D eigenvalue weighted by atomic mass is 127. The number of aromatic nitrogens is 2. The number of imidazole rings is 1. The van der Waals surface area contributed by atoms with Gasteiger partial charge in [0.25, 0.3) is 0 Å². The van der Waals surface area contributed by atoms with Crippen LogP contribution in [0.3, 0.4) is 0 Å². The van der Waals surface area contributed by atoms with Crippen molar-refractivity contribution in [2.24, 2.45) is 4.99 Å². The van der Waals surface area contributed by atoms with Gasteiger partial charge in [0, 0.05) is 39.1 Å². The van der Waals surface area contributed by atoms with E-state index in [1.165, 1.54) is 5.56 Å². The predicted octanol–water partition coefficient (Wildman–Crippen LogP) is 1.93. The Labute approximate surface area is 134 Å². The fraction of sp³-hybridized carbons (Fsp3) is 0.333. The molecule has 0 fully saturated rings. The van der Waals surface area contributed by atoms with Gasteiger partial charge in [-0.05, 0) is 22.4 Å². The van der Waals surface area contributed by atoms with Crippen LogP contribution in [0.5, 0.6) is 0 Å². The number of aliphatic imine (C=N–C) groups is 1. The Kier molecular flexibility index (Phi) is 7.49. The van der Waals surface area contributed by atoms with Gasteiger partial charge in [-0.2, -0.15) is 11.3 Å². The summed E-state index contributed by atoms with van der Waals surface area (Å²) >= 11 is 1.70. The predicted molar refractivity (Wildman–Crippen MR) is 90.2 cm³/mol. The van der Waals surface area contributed by atoms with Crippen LogP contribution in [0.4, 0.5) is 0 Å². The first-order valence-electron chi connectivity index (χ1n) is 5.80. The fourth-order valence-corrected chi connectivity index (χ4v) is 2.19. The van der Waals surface area contributed by atoms with E-state index in [1.807, 2.05) is 17.1 Å². The lowest BCUT2D eigenvalue weighted by molar-refractivity contribution is 0.661. The summed E-state index contributed by atoms with van der Waals surface area (Å²) in [6.07, 6.45) is 5.54. The third-order valence-corrected chi connectivity index (χ3v) is 3.22. The number of rotatable bonds is 5. The summed E-state index contributed by atoms with van der Waals surface area (Å²) in [5.74, 6) is 0.821. The zero-order valence-electron chi connectivity index (χ0n) is 10.7. The first-order valence-corrected chi connectivity index (χ1v) is 6.74. The van der Waals surface area contributed by atoms with Crippen LogP contribution in [-0.2, 0) is 13.1 Å². The van der Waals surface area contributed by atoms with Crippen molar-refractivity contribution in [1.82, 2.24) is 20.2 Å². The van der Waals surface area contributed by atoms with E-state index >= 15 is 0 Å². The molecule has 2 aromatic heterocycles. The molecule has 19 heavy (non-hydrogen) atoms. The molecule has 0 saturated carbocycles. The van der Waals surface area contributed by atoms with Gasteiger partial charge in [-0.15, -0.1) is 24.0 Å². The second-order valence-electron chi connectivity index (χ2n) is 3.78. The number of nitrogens with one attached hydrogen (secondary N) is 2. The lowest BCUT2D eigenvalue weighted by atomic mass is 10.3. The SMILES string of the molecule is CN=C(NCCn1ccnc1)NCc1ccsc1.I. The van der Waals surface area contributed by atoms with Gasteiger partial charge < -0.3 is 15.2 Å². The van der Waals surface area contributed by atoms with Crippen molar-refractivity contribution in [3.63, 3.8) is 0 Å². The molecule has 0 radical (unpaired) electrons. The van der Waals surface area contributed by atoms with Crippen LogP contribution in [0.1, 0.15) is 5.56 Å². The Morgan fingerprint density at radius 2 is 2.37 bits per heavy atom. The van der Waals surface area contributed by atoms with E-state index in [1.54, 1.807) is 24.6 Å². The van der Waals surface area contributed by atoms with E-state index in [0.29, 0.717) is 0 Å². The number of hydrogen-bond acceptors (Lipinski definition) is 3. The summed E-state index contributed by atoms with van der Waals surface area (Å²) in [7, 11) is 1.78. The van der Waals surface area contributed by atoms with Crippen molar-refractivity contribution >= 4 is 41.3 Å². The Morgan fingerprint density at radius 1 is 1.47 bits per heavy atom. The molecular formula is C12H18IN5S. The third-order valence-electron chi connectivity index (χ3n) is 2.49. The maximum absolute atomic E-state index is 4.18. The number of guanidine groups is 1. The smallest absolute Gasteiger partial charge is 0.191 e. The Morgan fingerprint density at radius 3 is 3.00 bits per heavy atom. The first-order chi connectivity index (χ1) is 8.88. The molecule has 0 aromatic carbocycles. The molecule has 2 rings (SSSR count). The van der Waals surface area contributed by atoms with Crippen molar-refractivity contribution in [3.8, 4) is 0 Å². The zero-order chi connectivity index (χ0) is 12.6. The van der Waals surface area contributed by atoms with E-state index in [4.69, 9.17) is 0 Å². The summed E-state index contributed by atoms with van der Waals surface area (Å²) in [5.41, 5.74) is 1.28. The minimum absolute atomic E-state index is 0. The molecule has 0 atom stereocenters. The second-order valence-corrected chi connectivity index (χ2v) is 4.56. The molecule has 2 heterocycles. The fourth-order valence-electron chi connectivity index (χ4n) is 1.52. The summed E-state index contributed by atoms with van der Waals surface area (Å²) in [5, 5.41) is 10.7. The number of hydrogen-bond donors (Lipinski definition) is 2. The number of thiophene rings is 1. The minimum atomic E-state index is 0. The molecule has 0 bridgehead atoms. The van der Waals surface area contributed by atoms with E-state index in [0.717, 1.165) is 25.6 Å². The van der Waals surface area contributed by atoms with Crippen LogP contribution in [0, 0.1) is 0 Å². The average molecular weight is 391 g/mol. The highest BCUT2D eigenvalue weighted by Crippen LogP contribution is 2.04. The number of halogens is 1. The van der Waals surface area contributed by atoms with Crippen molar-refractivity contribution in [2.45, 2.75) is 13.1 Å². The number of nitrogens with zero attached hydrogens (tertiary/aromatic N) is 3. The molecular weight excluding hydrogens is 373 g/mol.